The molecule has 1 aliphatic heterocycles. The number of piperidine rings is 1. The molecule has 2 aromatic rings. The molecule has 0 spiro atoms. The van der Waals surface area contributed by atoms with E-state index in [0.29, 0.717) is 6.04 Å². The van der Waals surface area contributed by atoms with Crippen molar-refractivity contribution in [2.45, 2.75) is 59.9 Å². The quantitative estimate of drug-likeness (QED) is 0.368. The van der Waals surface area contributed by atoms with Crippen molar-refractivity contribution in [2.24, 2.45) is 0 Å². The van der Waals surface area contributed by atoms with Crippen LogP contribution < -0.4 is 9.64 Å². The van der Waals surface area contributed by atoms with Gasteiger partial charge in [0.1, 0.15) is 18.5 Å². The number of ether oxygens (including phenoxy) is 2. The number of hydrogen-bond acceptors (Lipinski definition) is 8. The van der Waals surface area contributed by atoms with Gasteiger partial charge < -0.3 is 24.6 Å². The molecule has 2 heterocycles. The Bertz CT molecular complexity index is 1010. The molecule has 216 valence electrons. The van der Waals surface area contributed by atoms with E-state index in [9.17, 15) is 0 Å². The van der Waals surface area contributed by atoms with Crippen LogP contribution in [0.1, 0.15) is 50.3 Å². The average molecular weight is 543 g/mol. The minimum absolute atomic E-state index is 0.597. The van der Waals surface area contributed by atoms with Crippen LogP contribution in [0, 0.1) is 25.9 Å². The number of carboxylic acids is 1. The van der Waals surface area contributed by atoms with Crippen LogP contribution >= 0.6 is 0 Å². The van der Waals surface area contributed by atoms with Crippen molar-refractivity contribution in [2.75, 3.05) is 45.3 Å². The van der Waals surface area contributed by atoms with Crippen molar-refractivity contribution in [1.29, 1.82) is 0 Å². The van der Waals surface area contributed by atoms with E-state index in [4.69, 9.17) is 19.7 Å². The Kier molecular flexibility index (Phi) is 19.1. The topological polar surface area (TPSA) is 108 Å². The highest BCUT2D eigenvalue weighted by atomic mass is 16.5. The predicted molar refractivity (Wildman–Crippen MR) is 157 cm³/mol. The fourth-order valence-electron chi connectivity index (χ4n) is 3.60. The van der Waals surface area contributed by atoms with Crippen molar-refractivity contribution >= 4 is 11.9 Å². The van der Waals surface area contributed by atoms with Crippen LogP contribution in [0.4, 0.5) is 5.95 Å². The van der Waals surface area contributed by atoms with Crippen molar-refractivity contribution in [1.82, 2.24) is 14.9 Å². The van der Waals surface area contributed by atoms with Crippen LogP contribution in [0.25, 0.3) is 0 Å². The summed E-state index contributed by atoms with van der Waals surface area (Å²) in [4.78, 5) is 22.8. The number of carboxylic acid groups (broad SMARTS) is 1. The monoisotopic (exact) mass is 542 g/mol. The number of methoxy groups -OCH3 is 1. The Morgan fingerprint density at radius 3 is 2.23 bits per heavy atom. The Balaban J connectivity index is 0.00000102. The van der Waals surface area contributed by atoms with Gasteiger partial charge in [0, 0.05) is 51.9 Å². The van der Waals surface area contributed by atoms with E-state index in [-0.39, 0.29) is 0 Å². The normalized spacial score (nSPS) is 12.2. The van der Waals surface area contributed by atoms with Gasteiger partial charge in [-0.25, -0.2) is 9.97 Å². The Morgan fingerprint density at radius 2 is 1.79 bits per heavy atom. The van der Waals surface area contributed by atoms with Crippen LogP contribution in [0.3, 0.4) is 0 Å². The number of aliphatic hydroxyl groups excluding tert-OH is 1. The Morgan fingerprint density at radius 1 is 1.23 bits per heavy atom. The molecule has 39 heavy (non-hydrogen) atoms. The number of likely N-dealkylation sites (N-methyl/N-ethyl adjacent to an activating group) is 1. The number of aliphatic carboxylic acids is 1. The van der Waals surface area contributed by atoms with Crippen LogP contribution in [0.5, 0.6) is 5.75 Å². The number of aryl methyl sites for hydroxylation is 3. The van der Waals surface area contributed by atoms with E-state index in [0.717, 1.165) is 70.4 Å². The summed E-state index contributed by atoms with van der Waals surface area (Å²) in [6.45, 7) is 15.8. The summed E-state index contributed by atoms with van der Waals surface area (Å²) in [5.74, 6) is 3.55. The lowest BCUT2D eigenvalue weighted by molar-refractivity contribution is -0.134. The fraction of sp³-hybridized carbons (Fsp3) is 0.500. The second-order valence-corrected chi connectivity index (χ2v) is 8.80. The maximum atomic E-state index is 9.00. The van der Waals surface area contributed by atoms with Crippen molar-refractivity contribution in [3.05, 3.63) is 60.1 Å². The summed E-state index contributed by atoms with van der Waals surface area (Å²) in [6, 6.07) is 6.90. The molecule has 0 amide bonds. The van der Waals surface area contributed by atoms with Gasteiger partial charge in [-0.15, -0.1) is 0 Å². The first-order valence-corrected chi connectivity index (χ1v) is 13.0. The van der Waals surface area contributed by atoms with Crippen LogP contribution in [-0.4, -0.2) is 77.5 Å². The van der Waals surface area contributed by atoms with E-state index in [1.54, 1.807) is 6.92 Å². The molecule has 0 saturated carbocycles. The second-order valence-electron chi connectivity index (χ2n) is 8.80. The number of hydrogen-bond donors (Lipinski definition) is 2. The minimum atomic E-state index is -0.833. The van der Waals surface area contributed by atoms with Crippen LogP contribution in [0.15, 0.2) is 43.4 Å². The summed E-state index contributed by atoms with van der Waals surface area (Å²) >= 11 is 0. The largest absolute Gasteiger partial charge is 0.516 e. The fourth-order valence-corrected chi connectivity index (χ4v) is 3.60. The summed E-state index contributed by atoms with van der Waals surface area (Å²) in [7, 11) is 3.74. The van der Waals surface area contributed by atoms with Gasteiger partial charge in [-0.2, -0.15) is 0 Å². The molecule has 0 unspecified atom stereocenters. The lowest BCUT2D eigenvalue weighted by Gasteiger charge is -2.36. The van der Waals surface area contributed by atoms with Crippen LogP contribution in [-0.2, 0) is 16.0 Å². The molecule has 1 aliphatic rings. The van der Waals surface area contributed by atoms with Gasteiger partial charge in [-0.3, -0.25) is 9.69 Å². The van der Waals surface area contributed by atoms with E-state index in [1.165, 1.54) is 23.8 Å². The molecule has 9 heteroatoms. The predicted octanol–water partition coefficient (Wildman–Crippen LogP) is 5.03. The van der Waals surface area contributed by atoms with E-state index in [1.807, 2.05) is 12.4 Å². The molecule has 1 aromatic carbocycles. The average Bonchev–Trinajstić information content (AvgIpc) is 2.92. The lowest BCUT2D eigenvalue weighted by atomic mass is 10.0. The zero-order chi connectivity index (χ0) is 29.6. The van der Waals surface area contributed by atoms with Crippen molar-refractivity contribution in [3.63, 3.8) is 0 Å². The zero-order valence-corrected chi connectivity index (χ0v) is 24.6. The molecule has 0 radical (unpaired) electrons. The summed E-state index contributed by atoms with van der Waals surface area (Å²) < 4.78 is 10.3. The molecule has 2 N–H and O–H groups in total. The number of aliphatic hydroxyl groups is 1. The van der Waals surface area contributed by atoms with Gasteiger partial charge in [0.25, 0.3) is 5.97 Å². The van der Waals surface area contributed by atoms with Gasteiger partial charge >= 0.3 is 0 Å². The maximum Gasteiger partial charge on any atom is 0.300 e. The first-order chi connectivity index (χ1) is 18.6. The van der Waals surface area contributed by atoms with E-state index >= 15 is 0 Å². The smallest absolute Gasteiger partial charge is 0.300 e. The number of benzene rings is 1. The maximum absolute atomic E-state index is 9.00. The zero-order valence-electron chi connectivity index (χ0n) is 24.6. The standard InChI is InChI=1S/C22H32N4O.C4H6O.C2H4O2.C2H4O/c1-5-19-15-23-22(24-16-19)26-10-8-20(9-11-26)25(4)12-13-27-21-7-6-17(2)18(3)14-21;1-3-4-5-2;1-2(3)4;1-2-3/h6-7,14-16,20H,5,8-13H2,1-4H3;1-2H3;1H3,(H,3,4);2-3H,1H2. The third kappa shape index (κ3) is 15.9. The van der Waals surface area contributed by atoms with Gasteiger partial charge in [0.15, 0.2) is 0 Å². The molecule has 1 aromatic heterocycles. The van der Waals surface area contributed by atoms with Crippen LogP contribution in [0.2, 0.25) is 0 Å². The molecular weight excluding hydrogens is 496 g/mol. The van der Waals surface area contributed by atoms with Gasteiger partial charge in [0.2, 0.25) is 5.95 Å². The highest BCUT2D eigenvalue weighted by Gasteiger charge is 2.23. The van der Waals surface area contributed by atoms with E-state index < -0.39 is 5.97 Å². The van der Waals surface area contributed by atoms with Gasteiger partial charge in [-0.05, 0) is 69.0 Å². The highest BCUT2D eigenvalue weighted by molar-refractivity contribution is 5.62. The Hall–Kier alpha value is -3.77. The van der Waals surface area contributed by atoms with Gasteiger partial charge in [-0.1, -0.05) is 25.5 Å². The number of anilines is 1. The number of carbonyl (C=O) groups is 1. The summed E-state index contributed by atoms with van der Waals surface area (Å²) in [5, 5.41) is 14.8. The third-order valence-corrected chi connectivity index (χ3v) is 5.87. The Labute approximate surface area is 234 Å². The van der Waals surface area contributed by atoms with Crippen molar-refractivity contribution in [3.8, 4) is 17.8 Å². The summed E-state index contributed by atoms with van der Waals surface area (Å²) in [6.07, 6.45) is 10.3. The first-order valence-electron chi connectivity index (χ1n) is 13.0. The minimum Gasteiger partial charge on any atom is -0.516 e. The van der Waals surface area contributed by atoms with E-state index in [2.05, 4.69) is 89.1 Å². The molecule has 3 rings (SSSR count). The first kappa shape index (κ1) is 35.2. The molecule has 0 atom stereocenters. The van der Waals surface area contributed by atoms with Gasteiger partial charge in [0.05, 0.1) is 13.4 Å². The number of aromatic nitrogens is 2. The molecule has 1 fully saturated rings. The van der Waals surface area contributed by atoms with Crippen molar-refractivity contribution < 1.29 is 24.5 Å². The molecule has 9 nitrogen and oxygen atoms in total. The third-order valence-electron chi connectivity index (χ3n) is 5.87. The highest BCUT2D eigenvalue weighted by Crippen LogP contribution is 2.20. The molecular formula is C30H46N4O5. The molecule has 0 bridgehead atoms. The molecule has 0 aliphatic carbocycles. The second kappa shape index (κ2) is 21.2. The summed E-state index contributed by atoms with van der Waals surface area (Å²) in [5.41, 5.74) is 3.78. The SMILES string of the molecule is C=CO.CC#COC.CC(=O)O.CCc1cnc(N2CCC(N(C)CCOc3ccc(C)c(C)c3)CC2)nc1. The number of rotatable bonds is 7. The number of nitrogens with zero attached hydrogens (tertiary/aromatic N) is 4. The molecule has 1 saturated heterocycles. The lowest BCUT2D eigenvalue weighted by Crippen LogP contribution is -2.45.